The first kappa shape index (κ1) is 17.1. The number of amidine groups is 1. The monoisotopic (exact) mass is 354 g/mol. The van der Waals surface area contributed by atoms with E-state index < -0.39 is 0 Å². The number of carbonyl (C=O) groups excluding carboxylic acids is 1. The summed E-state index contributed by atoms with van der Waals surface area (Å²) in [7, 11) is 1.48. The van der Waals surface area contributed by atoms with E-state index in [1.54, 1.807) is 18.2 Å². The van der Waals surface area contributed by atoms with Crippen molar-refractivity contribution in [2.24, 2.45) is 4.99 Å². The lowest BCUT2D eigenvalue weighted by molar-refractivity contribution is -0.115. The van der Waals surface area contributed by atoms with Crippen LogP contribution in [0.1, 0.15) is 18.1 Å². The Morgan fingerprint density at radius 1 is 1.24 bits per heavy atom. The van der Waals surface area contributed by atoms with Gasteiger partial charge in [0.05, 0.1) is 17.7 Å². The highest BCUT2D eigenvalue weighted by Crippen LogP contribution is 2.31. The third kappa shape index (κ3) is 4.03. The number of aryl methyl sites for hydroxylation is 1. The lowest BCUT2D eigenvalue weighted by atomic mass is 10.2. The second-order valence-corrected chi connectivity index (χ2v) is 6.46. The van der Waals surface area contributed by atoms with Crippen LogP contribution in [-0.2, 0) is 11.2 Å². The Morgan fingerprint density at radius 2 is 2.00 bits per heavy atom. The van der Waals surface area contributed by atoms with Crippen LogP contribution in [-0.4, -0.2) is 23.3 Å². The quantitative estimate of drug-likeness (QED) is 0.818. The number of rotatable bonds is 4. The van der Waals surface area contributed by atoms with Gasteiger partial charge in [0, 0.05) is 0 Å². The number of carbonyl (C=O) groups is 1. The number of ether oxygens (including phenoxy) is 1. The molecule has 5 nitrogen and oxygen atoms in total. The van der Waals surface area contributed by atoms with Crippen molar-refractivity contribution >= 4 is 34.6 Å². The summed E-state index contributed by atoms with van der Waals surface area (Å²) < 4.78 is 5.09. The number of phenols is 1. The molecule has 2 aromatic carbocycles. The molecule has 6 heteroatoms. The largest absolute Gasteiger partial charge is 0.504 e. The average molecular weight is 354 g/mol. The van der Waals surface area contributed by atoms with Crippen molar-refractivity contribution in [2.75, 3.05) is 7.11 Å². The molecule has 0 bridgehead atoms. The van der Waals surface area contributed by atoms with Crippen LogP contribution < -0.4 is 10.1 Å². The zero-order valence-corrected chi connectivity index (χ0v) is 14.8. The van der Waals surface area contributed by atoms with Crippen molar-refractivity contribution < 1.29 is 14.6 Å². The summed E-state index contributed by atoms with van der Waals surface area (Å²) in [6.45, 7) is 2.10. The van der Waals surface area contributed by atoms with Crippen LogP contribution in [0.2, 0.25) is 0 Å². The first-order valence-corrected chi connectivity index (χ1v) is 8.66. The van der Waals surface area contributed by atoms with Gasteiger partial charge in [-0.3, -0.25) is 4.79 Å². The van der Waals surface area contributed by atoms with Crippen LogP contribution in [0.3, 0.4) is 0 Å². The number of hydrogen-bond acceptors (Lipinski definition) is 5. The first-order valence-electron chi connectivity index (χ1n) is 7.84. The Balaban J connectivity index is 1.80. The number of phenolic OH excluding ortho intramolecular Hbond substituents is 1. The number of amides is 1. The van der Waals surface area contributed by atoms with Gasteiger partial charge in [-0.05, 0) is 59.7 Å². The second-order valence-electron chi connectivity index (χ2n) is 5.43. The van der Waals surface area contributed by atoms with E-state index in [0.29, 0.717) is 15.8 Å². The molecule has 0 aliphatic carbocycles. The zero-order valence-electron chi connectivity index (χ0n) is 13.9. The van der Waals surface area contributed by atoms with Crippen molar-refractivity contribution in [3.63, 3.8) is 0 Å². The Morgan fingerprint density at radius 3 is 2.68 bits per heavy atom. The van der Waals surface area contributed by atoms with Crippen LogP contribution in [0.25, 0.3) is 6.08 Å². The SMILES string of the molecule is CCc1ccc(N=C2NC(=O)/C(=C\c3ccc(O)c(OC)c3)S2)cc1. The number of thioether (sulfide) groups is 1. The third-order valence-corrected chi connectivity index (χ3v) is 4.64. The summed E-state index contributed by atoms with van der Waals surface area (Å²) in [5.74, 6) is 0.231. The molecule has 25 heavy (non-hydrogen) atoms. The molecule has 128 valence electrons. The summed E-state index contributed by atoms with van der Waals surface area (Å²) in [6.07, 6.45) is 2.72. The molecule has 1 amide bonds. The van der Waals surface area contributed by atoms with Crippen molar-refractivity contribution in [1.82, 2.24) is 5.32 Å². The highest BCUT2D eigenvalue weighted by atomic mass is 32.2. The van der Waals surface area contributed by atoms with Crippen LogP contribution in [0.4, 0.5) is 5.69 Å². The molecule has 2 aromatic rings. The van der Waals surface area contributed by atoms with Gasteiger partial charge in [0.25, 0.3) is 5.91 Å². The maximum Gasteiger partial charge on any atom is 0.264 e. The number of nitrogens with one attached hydrogen (secondary N) is 1. The molecule has 1 aliphatic rings. The Bertz CT molecular complexity index is 857. The topological polar surface area (TPSA) is 70.9 Å². The molecule has 0 unspecified atom stereocenters. The van der Waals surface area contributed by atoms with E-state index in [1.165, 1.54) is 30.5 Å². The zero-order chi connectivity index (χ0) is 17.8. The molecule has 0 aromatic heterocycles. The number of methoxy groups -OCH3 is 1. The van der Waals surface area contributed by atoms with E-state index in [0.717, 1.165) is 17.7 Å². The minimum atomic E-state index is -0.194. The molecule has 1 fully saturated rings. The Hall–Kier alpha value is -2.73. The highest BCUT2D eigenvalue weighted by Gasteiger charge is 2.23. The van der Waals surface area contributed by atoms with Crippen molar-refractivity contribution in [1.29, 1.82) is 0 Å². The number of hydrogen-bond donors (Lipinski definition) is 2. The van der Waals surface area contributed by atoms with Crippen molar-refractivity contribution in [3.05, 3.63) is 58.5 Å². The van der Waals surface area contributed by atoms with E-state index in [9.17, 15) is 9.90 Å². The Kier molecular flexibility index (Phi) is 5.09. The molecule has 1 saturated heterocycles. The Labute approximate surface area is 150 Å². The molecule has 3 rings (SSSR count). The second kappa shape index (κ2) is 7.44. The molecule has 2 N–H and O–H groups in total. The van der Waals surface area contributed by atoms with Gasteiger partial charge >= 0.3 is 0 Å². The number of nitrogens with zero attached hydrogens (tertiary/aromatic N) is 1. The van der Waals surface area contributed by atoms with Crippen LogP contribution in [0, 0.1) is 0 Å². The average Bonchev–Trinajstić information content (AvgIpc) is 2.96. The summed E-state index contributed by atoms with van der Waals surface area (Å²) >= 11 is 1.28. The molecule has 0 saturated carbocycles. The van der Waals surface area contributed by atoms with E-state index in [4.69, 9.17) is 4.74 Å². The van der Waals surface area contributed by atoms with Crippen molar-refractivity contribution in [2.45, 2.75) is 13.3 Å². The van der Waals surface area contributed by atoms with Gasteiger partial charge in [-0.2, -0.15) is 0 Å². The van der Waals surface area contributed by atoms with Crippen LogP contribution in [0.15, 0.2) is 52.4 Å². The smallest absolute Gasteiger partial charge is 0.264 e. The van der Waals surface area contributed by atoms with E-state index in [1.807, 2.05) is 24.3 Å². The van der Waals surface area contributed by atoms with Crippen LogP contribution in [0.5, 0.6) is 11.5 Å². The molecule has 1 aliphatic heterocycles. The first-order chi connectivity index (χ1) is 12.1. The van der Waals surface area contributed by atoms with Gasteiger partial charge in [0.15, 0.2) is 16.7 Å². The van der Waals surface area contributed by atoms with Gasteiger partial charge in [-0.15, -0.1) is 0 Å². The summed E-state index contributed by atoms with van der Waals surface area (Å²) in [5.41, 5.74) is 2.81. The number of aromatic hydroxyl groups is 1. The molecule has 0 spiro atoms. The predicted octanol–water partition coefficient (Wildman–Crippen LogP) is 3.85. The van der Waals surface area contributed by atoms with E-state index in [-0.39, 0.29) is 11.7 Å². The maximum atomic E-state index is 12.1. The molecule has 1 heterocycles. The summed E-state index contributed by atoms with van der Waals surface area (Å²) in [4.78, 5) is 17.1. The lowest BCUT2D eigenvalue weighted by Crippen LogP contribution is -2.19. The van der Waals surface area contributed by atoms with Crippen molar-refractivity contribution in [3.8, 4) is 11.5 Å². The number of benzene rings is 2. The minimum Gasteiger partial charge on any atom is -0.504 e. The maximum absolute atomic E-state index is 12.1. The predicted molar refractivity (Wildman–Crippen MR) is 101 cm³/mol. The van der Waals surface area contributed by atoms with Gasteiger partial charge < -0.3 is 15.2 Å². The van der Waals surface area contributed by atoms with Gasteiger partial charge in [0.2, 0.25) is 0 Å². The molecular weight excluding hydrogens is 336 g/mol. The fourth-order valence-electron chi connectivity index (χ4n) is 2.34. The van der Waals surface area contributed by atoms with E-state index >= 15 is 0 Å². The molecule has 0 atom stereocenters. The van der Waals surface area contributed by atoms with Crippen LogP contribution >= 0.6 is 11.8 Å². The normalized spacial score (nSPS) is 17.1. The molecular formula is C19H18N2O3S. The fourth-order valence-corrected chi connectivity index (χ4v) is 3.18. The third-order valence-electron chi connectivity index (χ3n) is 3.73. The van der Waals surface area contributed by atoms with Gasteiger partial charge in [0.1, 0.15) is 0 Å². The minimum absolute atomic E-state index is 0.0611. The van der Waals surface area contributed by atoms with E-state index in [2.05, 4.69) is 17.2 Å². The number of aliphatic imine (C=N–C) groups is 1. The highest BCUT2D eigenvalue weighted by molar-refractivity contribution is 8.18. The summed E-state index contributed by atoms with van der Waals surface area (Å²) in [5, 5.41) is 13.0. The summed E-state index contributed by atoms with van der Waals surface area (Å²) in [6, 6.07) is 12.9. The fraction of sp³-hybridized carbons (Fsp3) is 0.158. The molecule has 0 radical (unpaired) electrons. The van der Waals surface area contributed by atoms with Gasteiger partial charge in [-0.25, -0.2) is 4.99 Å². The standard InChI is InChI=1S/C19H18N2O3S/c1-3-12-4-7-14(8-5-12)20-19-21-18(23)17(25-19)11-13-6-9-15(22)16(10-13)24-2/h4-11,22H,3H2,1-2H3,(H,20,21,23)/b17-11+. The van der Waals surface area contributed by atoms with Gasteiger partial charge in [-0.1, -0.05) is 25.1 Å². The lowest BCUT2D eigenvalue weighted by Gasteiger charge is -2.03.